The van der Waals surface area contributed by atoms with Gasteiger partial charge in [0.25, 0.3) is 0 Å². The standard InChI is InChI=1S/C3H6N2O2/c1-2(5-4)3(6)7/h4H2,1H3,(H,6,7)/p-1/b5-2-. The van der Waals surface area contributed by atoms with Crippen molar-refractivity contribution in [3.8, 4) is 0 Å². The Morgan fingerprint density at radius 2 is 2.29 bits per heavy atom. The van der Waals surface area contributed by atoms with E-state index in [9.17, 15) is 9.90 Å². The van der Waals surface area contributed by atoms with Gasteiger partial charge in [-0.3, -0.25) is 0 Å². The van der Waals surface area contributed by atoms with Crippen LogP contribution in [-0.2, 0) is 4.79 Å². The molecular weight excluding hydrogens is 96.0 g/mol. The second-order valence-electron chi connectivity index (χ2n) is 1.00. The van der Waals surface area contributed by atoms with E-state index in [0.29, 0.717) is 0 Å². The molecule has 0 rings (SSSR count). The Morgan fingerprint density at radius 3 is 2.29 bits per heavy atom. The van der Waals surface area contributed by atoms with Gasteiger partial charge in [0.15, 0.2) is 0 Å². The molecule has 0 heterocycles. The molecule has 0 spiro atoms. The molecule has 0 bridgehead atoms. The van der Waals surface area contributed by atoms with Crippen LogP contribution in [0.3, 0.4) is 0 Å². The topological polar surface area (TPSA) is 78.5 Å². The van der Waals surface area contributed by atoms with Crippen molar-refractivity contribution in [3.63, 3.8) is 0 Å². The molecule has 4 nitrogen and oxygen atoms in total. The third-order valence-electron chi connectivity index (χ3n) is 0.489. The summed E-state index contributed by atoms with van der Waals surface area (Å²) in [6.45, 7) is 1.26. The van der Waals surface area contributed by atoms with Crippen LogP contribution in [-0.4, -0.2) is 11.7 Å². The number of carboxylic acids is 1. The van der Waals surface area contributed by atoms with E-state index in [1.165, 1.54) is 6.92 Å². The van der Waals surface area contributed by atoms with Crippen molar-refractivity contribution >= 4 is 11.7 Å². The van der Waals surface area contributed by atoms with Crippen LogP contribution in [0.5, 0.6) is 0 Å². The molecule has 0 saturated heterocycles. The first-order chi connectivity index (χ1) is 3.18. The smallest absolute Gasteiger partial charge is 0.0872 e. The maximum atomic E-state index is 9.61. The SMILES string of the molecule is C/C(=N/N)C(=O)[O-]. The maximum Gasteiger partial charge on any atom is 0.0872 e. The minimum atomic E-state index is -1.33. The van der Waals surface area contributed by atoms with Crippen molar-refractivity contribution in [1.29, 1.82) is 0 Å². The van der Waals surface area contributed by atoms with Gasteiger partial charge < -0.3 is 15.7 Å². The molecule has 0 saturated carbocycles. The van der Waals surface area contributed by atoms with Gasteiger partial charge in [0, 0.05) is 0 Å². The summed E-state index contributed by atoms with van der Waals surface area (Å²) in [5.41, 5.74) is -0.194. The monoisotopic (exact) mass is 101 g/mol. The van der Waals surface area contributed by atoms with Gasteiger partial charge in [0.1, 0.15) is 0 Å². The zero-order valence-electron chi connectivity index (χ0n) is 3.84. The lowest BCUT2D eigenvalue weighted by molar-refractivity contribution is -0.294. The fourth-order valence-corrected chi connectivity index (χ4v) is 0.0527. The molecule has 0 unspecified atom stereocenters. The van der Waals surface area contributed by atoms with Crippen LogP contribution in [0, 0.1) is 0 Å². The fraction of sp³-hybridized carbons (Fsp3) is 0.333. The van der Waals surface area contributed by atoms with Crippen molar-refractivity contribution in [2.24, 2.45) is 10.9 Å². The lowest BCUT2D eigenvalue weighted by atomic mass is 10.4. The van der Waals surface area contributed by atoms with Gasteiger partial charge in [-0.05, 0) is 6.92 Å². The number of aliphatic carboxylic acids is 1. The molecule has 7 heavy (non-hydrogen) atoms. The number of hydrogen-bond acceptors (Lipinski definition) is 4. The Balaban J connectivity index is 3.82. The number of hydrazone groups is 1. The first-order valence-electron chi connectivity index (χ1n) is 1.64. The minimum Gasteiger partial charge on any atom is -0.543 e. The van der Waals surface area contributed by atoms with E-state index in [1.807, 2.05) is 0 Å². The predicted octanol–water partition coefficient (Wildman–Crippen LogP) is -1.93. The molecule has 0 aliphatic rings. The van der Waals surface area contributed by atoms with Crippen molar-refractivity contribution < 1.29 is 9.90 Å². The van der Waals surface area contributed by atoms with Crippen LogP contribution < -0.4 is 10.9 Å². The van der Waals surface area contributed by atoms with Gasteiger partial charge in [-0.15, -0.1) is 0 Å². The zero-order valence-corrected chi connectivity index (χ0v) is 3.84. The van der Waals surface area contributed by atoms with Gasteiger partial charge in [0.2, 0.25) is 0 Å². The third-order valence-corrected chi connectivity index (χ3v) is 0.489. The third kappa shape index (κ3) is 1.75. The first kappa shape index (κ1) is 5.94. The Kier molecular flexibility index (Phi) is 1.84. The molecule has 0 aromatic carbocycles. The van der Waals surface area contributed by atoms with Crippen molar-refractivity contribution in [2.75, 3.05) is 0 Å². The first-order valence-corrected chi connectivity index (χ1v) is 1.64. The summed E-state index contributed by atoms with van der Waals surface area (Å²) in [5.74, 6) is 3.21. The number of carboxylic acid groups (broad SMARTS) is 1. The Bertz CT molecular complexity index is 108. The molecule has 0 aromatic rings. The van der Waals surface area contributed by atoms with Crippen molar-refractivity contribution in [1.82, 2.24) is 0 Å². The summed E-state index contributed by atoms with van der Waals surface area (Å²) in [6.07, 6.45) is 0. The second kappa shape index (κ2) is 2.17. The van der Waals surface area contributed by atoms with Gasteiger partial charge >= 0.3 is 0 Å². The van der Waals surface area contributed by atoms with E-state index < -0.39 is 5.97 Å². The average Bonchev–Trinajstić information content (AvgIpc) is 1.65. The van der Waals surface area contributed by atoms with E-state index in [2.05, 4.69) is 10.9 Å². The van der Waals surface area contributed by atoms with E-state index in [0.717, 1.165) is 0 Å². The zero-order chi connectivity index (χ0) is 5.86. The Morgan fingerprint density at radius 1 is 1.86 bits per heavy atom. The van der Waals surface area contributed by atoms with Gasteiger partial charge in [-0.1, -0.05) is 0 Å². The van der Waals surface area contributed by atoms with Crippen molar-refractivity contribution in [2.45, 2.75) is 6.92 Å². The molecule has 0 fully saturated rings. The van der Waals surface area contributed by atoms with E-state index >= 15 is 0 Å². The van der Waals surface area contributed by atoms with E-state index in [-0.39, 0.29) is 5.71 Å². The normalized spacial score (nSPS) is 11.3. The highest BCUT2D eigenvalue weighted by molar-refractivity contribution is 6.33. The molecule has 40 valence electrons. The van der Waals surface area contributed by atoms with E-state index in [4.69, 9.17) is 0 Å². The van der Waals surface area contributed by atoms with Crippen LogP contribution in [0.25, 0.3) is 0 Å². The number of carbonyl (C=O) groups excluding carboxylic acids is 1. The summed E-state index contributed by atoms with van der Waals surface area (Å²) in [7, 11) is 0. The molecular formula is C3H5N2O2-. The Labute approximate surface area is 40.6 Å². The molecule has 0 aliphatic heterocycles. The predicted molar refractivity (Wildman–Crippen MR) is 22.3 cm³/mol. The number of carbonyl (C=O) groups is 1. The number of nitrogens with zero attached hydrogens (tertiary/aromatic N) is 1. The van der Waals surface area contributed by atoms with Gasteiger partial charge in [-0.25, -0.2) is 0 Å². The minimum absolute atomic E-state index is 0.194. The molecule has 0 aromatic heterocycles. The molecule has 0 radical (unpaired) electrons. The molecule has 4 heteroatoms. The molecule has 0 aliphatic carbocycles. The van der Waals surface area contributed by atoms with Crippen LogP contribution in [0.15, 0.2) is 5.10 Å². The van der Waals surface area contributed by atoms with Crippen LogP contribution in [0.1, 0.15) is 6.92 Å². The quantitative estimate of drug-likeness (QED) is 0.237. The largest absolute Gasteiger partial charge is 0.543 e. The summed E-state index contributed by atoms with van der Waals surface area (Å²) in [6, 6.07) is 0. The summed E-state index contributed by atoms with van der Waals surface area (Å²) < 4.78 is 0. The van der Waals surface area contributed by atoms with Gasteiger partial charge in [0.05, 0.1) is 11.7 Å². The number of nitrogens with two attached hydrogens (primary N) is 1. The van der Waals surface area contributed by atoms with Crippen LogP contribution >= 0.6 is 0 Å². The van der Waals surface area contributed by atoms with Crippen LogP contribution in [0.2, 0.25) is 0 Å². The fourth-order valence-electron chi connectivity index (χ4n) is 0.0527. The molecule has 2 N–H and O–H groups in total. The Hall–Kier alpha value is -1.06. The second-order valence-corrected chi connectivity index (χ2v) is 1.00. The summed E-state index contributed by atoms with van der Waals surface area (Å²) in [5, 5.41) is 12.5. The maximum absolute atomic E-state index is 9.61. The van der Waals surface area contributed by atoms with Crippen LogP contribution in [0.4, 0.5) is 0 Å². The van der Waals surface area contributed by atoms with E-state index in [1.54, 1.807) is 0 Å². The summed E-state index contributed by atoms with van der Waals surface area (Å²) in [4.78, 5) is 9.61. The molecule has 0 atom stereocenters. The summed E-state index contributed by atoms with van der Waals surface area (Å²) >= 11 is 0. The lowest BCUT2D eigenvalue weighted by Gasteiger charge is -1.94. The number of rotatable bonds is 1. The average molecular weight is 101 g/mol. The van der Waals surface area contributed by atoms with Gasteiger partial charge in [-0.2, -0.15) is 5.10 Å². The highest BCUT2D eigenvalue weighted by Gasteiger charge is 1.84. The lowest BCUT2D eigenvalue weighted by Crippen LogP contribution is -2.30. The number of hydrogen-bond donors (Lipinski definition) is 1. The highest BCUT2D eigenvalue weighted by Crippen LogP contribution is 1.64. The van der Waals surface area contributed by atoms with Crippen molar-refractivity contribution in [3.05, 3.63) is 0 Å². The molecule has 0 amide bonds. The highest BCUT2D eigenvalue weighted by atomic mass is 16.4.